The maximum Gasteiger partial charge on any atom is 0.193 e. The molecule has 0 spiro atoms. The van der Waals surface area contributed by atoms with Crippen molar-refractivity contribution in [3.8, 4) is 11.5 Å². The van der Waals surface area contributed by atoms with Crippen LogP contribution in [0.15, 0.2) is 23.2 Å². The molecule has 0 amide bonds. The number of aryl methyl sites for hydroxylation is 1. The third kappa shape index (κ3) is 5.53. The Hall–Kier alpha value is -1.95. The molecule has 6 heteroatoms. The van der Waals surface area contributed by atoms with Gasteiger partial charge in [0.05, 0.1) is 20.8 Å². The Morgan fingerprint density at radius 2 is 2.04 bits per heavy atom. The normalized spacial score (nSPS) is 17.7. The van der Waals surface area contributed by atoms with Crippen LogP contribution in [0.5, 0.6) is 11.5 Å². The quantitative estimate of drug-likeness (QED) is 0.443. The van der Waals surface area contributed by atoms with Crippen LogP contribution in [0, 0.1) is 5.92 Å². The van der Waals surface area contributed by atoms with Gasteiger partial charge in [-0.05, 0) is 37.0 Å². The zero-order chi connectivity index (χ0) is 18.1. The lowest BCUT2D eigenvalue weighted by Gasteiger charge is -2.21. The summed E-state index contributed by atoms with van der Waals surface area (Å²) in [6, 6.07) is 6.09. The number of guanidine groups is 1. The van der Waals surface area contributed by atoms with Crippen molar-refractivity contribution in [2.75, 3.05) is 54.6 Å². The second kappa shape index (κ2) is 10.1. The first-order valence-electron chi connectivity index (χ1n) is 8.87. The van der Waals surface area contributed by atoms with Gasteiger partial charge in [-0.3, -0.25) is 4.99 Å². The summed E-state index contributed by atoms with van der Waals surface area (Å²) < 4.78 is 15.9. The third-order valence-electron chi connectivity index (χ3n) is 4.57. The van der Waals surface area contributed by atoms with Crippen molar-refractivity contribution in [1.82, 2.24) is 10.2 Å². The van der Waals surface area contributed by atoms with Gasteiger partial charge in [0, 0.05) is 39.7 Å². The van der Waals surface area contributed by atoms with Crippen molar-refractivity contribution < 1.29 is 14.2 Å². The van der Waals surface area contributed by atoms with E-state index in [9.17, 15) is 0 Å². The summed E-state index contributed by atoms with van der Waals surface area (Å²) in [4.78, 5) is 6.73. The molecular weight excluding hydrogens is 318 g/mol. The fraction of sp³-hybridized carbons (Fsp3) is 0.632. The second-order valence-electron chi connectivity index (χ2n) is 6.32. The molecule has 1 heterocycles. The topological polar surface area (TPSA) is 55.3 Å². The Balaban J connectivity index is 1.76. The summed E-state index contributed by atoms with van der Waals surface area (Å²) in [6.45, 7) is 3.78. The first-order chi connectivity index (χ1) is 12.2. The zero-order valence-electron chi connectivity index (χ0n) is 15.9. The second-order valence-corrected chi connectivity index (χ2v) is 6.32. The van der Waals surface area contributed by atoms with Gasteiger partial charge in [0.25, 0.3) is 0 Å². The molecule has 2 rings (SSSR count). The van der Waals surface area contributed by atoms with Crippen LogP contribution < -0.4 is 14.8 Å². The number of benzene rings is 1. The number of hydrogen-bond acceptors (Lipinski definition) is 4. The number of methoxy groups -OCH3 is 3. The lowest BCUT2D eigenvalue weighted by molar-refractivity contribution is 0.157. The molecule has 1 aromatic rings. The lowest BCUT2D eigenvalue weighted by Crippen LogP contribution is -2.40. The van der Waals surface area contributed by atoms with Crippen molar-refractivity contribution in [2.24, 2.45) is 10.9 Å². The van der Waals surface area contributed by atoms with Gasteiger partial charge in [-0.2, -0.15) is 0 Å². The summed E-state index contributed by atoms with van der Waals surface area (Å²) >= 11 is 0. The van der Waals surface area contributed by atoms with E-state index >= 15 is 0 Å². The minimum Gasteiger partial charge on any atom is -0.493 e. The van der Waals surface area contributed by atoms with E-state index in [4.69, 9.17) is 14.2 Å². The van der Waals surface area contributed by atoms with Crippen molar-refractivity contribution in [2.45, 2.75) is 19.3 Å². The highest BCUT2D eigenvalue weighted by Gasteiger charge is 2.24. The third-order valence-corrected chi connectivity index (χ3v) is 4.57. The lowest BCUT2D eigenvalue weighted by atomic mass is 10.1. The molecule has 1 aliphatic rings. The average Bonchev–Trinajstić information content (AvgIpc) is 3.10. The molecule has 0 aromatic heterocycles. The standard InChI is InChI=1S/C19H31N3O3/c1-20-19(22-11-9-16(13-22)14-23-2)21-10-5-6-15-7-8-17(24-3)18(12-15)25-4/h7-8,12,16H,5-6,9-11,13-14H2,1-4H3,(H,20,21). The zero-order valence-corrected chi connectivity index (χ0v) is 15.9. The fourth-order valence-corrected chi connectivity index (χ4v) is 3.26. The van der Waals surface area contributed by atoms with E-state index in [-0.39, 0.29) is 0 Å². The maximum atomic E-state index is 5.36. The van der Waals surface area contributed by atoms with Crippen LogP contribution >= 0.6 is 0 Å². The highest BCUT2D eigenvalue weighted by Crippen LogP contribution is 2.27. The highest BCUT2D eigenvalue weighted by atomic mass is 16.5. The number of hydrogen-bond donors (Lipinski definition) is 1. The Morgan fingerprint density at radius 3 is 2.72 bits per heavy atom. The minimum absolute atomic E-state index is 0.607. The van der Waals surface area contributed by atoms with Crippen LogP contribution in [-0.2, 0) is 11.2 Å². The van der Waals surface area contributed by atoms with Gasteiger partial charge in [0.15, 0.2) is 17.5 Å². The Labute approximate surface area is 151 Å². The predicted molar refractivity (Wildman–Crippen MR) is 101 cm³/mol. The van der Waals surface area contributed by atoms with Crippen LogP contribution in [0.2, 0.25) is 0 Å². The van der Waals surface area contributed by atoms with Crippen molar-refractivity contribution in [3.63, 3.8) is 0 Å². The molecule has 0 bridgehead atoms. The highest BCUT2D eigenvalue weighted by molar-refractivity contribution is 5.80. The number of rotatable bonds is 8. The van der Waals surface area contributed by atoms with Crippen molar-refractivity contribution in [3.05, 3.63) is 23.8 Å². The number of likely N-dealkylation sites (tertiary alicyclic amines) is 1. The summed E-state index contributed by atoms with van der Waals surface area (Å²) in [5, 5.41) is 3.47. The predicted octanol–water partition coefficient (Wildman–Crippen LogP) is 2.18. The van der Waals surface area contributed by atoms with Crippen LogP contribution in [0.25, 0.3) is 0 Å². The molecule has 1 aliphatic heterocycles. The SMILES string of the molecule is CN=C(NCCCc1ccc(OC)c(OC)c1)N1CCC(COC)C1. The van der Waals surface area contributed by atoms with Crippen LogP contribution in [0.3, 0.4) is 0 Å². The smallest absolute Gasteiger partial charge is 0.193 e. The molecule has 6 nitrogen and oxygen atoms in total. The first-order valence-corrected chi connectivity index (χ1v) is 8.87. The van der Waals surface area contributed by atoms with Crippen LogP contribution in [0.1, 0.15) is 18.4 Å². The molecule has 1 atom stereocenters. The Morgan fingerprint density at radius 1 is 1.24 bits per heavy atom. The van der Waals surface area contributed by atoms with Crippen molar-refractivity contribution in [1.29, 1.82) is 0 Å². The van der Waals surface area contributed by atoms with E-state index in [2.05, 4.69) is 21.3 Å². The number of ether oxygens (including phenoxy) is 3. The van der Waals surface area contributed by atoms with Gasteiger partial charge < -0.3 is 24.4 Å². The van der Waals surface area contributed by atoms with Gasteiger partial charge in [0.1, 0.15) is 0 Å². The van der Waals surface area contributed by atoms with E-state index in [1.54, 1.807) is 21.3 Å². The molecule has 1 unspecified atom stereocenters. The van der Waals surface area contributed by atoms with E-state index in [1.165, 1.54) is 12.0 Å². The molecule has 0 saturated carbocycles. The number of nitrogens with zero attached hydrogens (tertiary/aromatic N) is 2. The summed E-state index contributed by atoms with van der Waals surface area (Å²) in [6.07, 6.45) is 3.18. The Bertz CT molecular complexity index is 563. The molecule has 1 aromatic carbocycles. The fourth-order valence-electron chi connectivity index (χ4n) is 3.26. The van der Waals surface area contributed by atoms with Crippen LogP contribution in [-0.4, -0.2) is 65.5 Å². The first kappa shape index (κ1) is 19.4. The van der Waals surface area contributed by atoms with Gasteiger partial charge in [-0.15, -0.1) is 0 Å². The van der Waals surface area contributed by atoms with Crippen LogP contribution in [0.4, 0.5) is 0 Å². The van der Waals surface area contributed by atoms with Gasteiger partial charge in [-0.25, -0.2) is 0 Å². The summed E-state index contributed by atoms with van der Waals surface area (Å²) in [5.41, 5.74) is 1.25. The molecule has 140 valence electrons. The van der Waals surface area contributed by atoms with E-state index < -0.39 is 0 Å². The van der Waals surface area contributed by atoms with E-state index in [0.717, 1.165) is 56.5 Å². The van der Waals surface area contributed by atoms with Crippen molar-refractivity contribution >= 4 is 5.96 Å². The Kier molecular flexibility index (Phi) is 7.85. The van der Waals surface area contributed by atoms with Gasteiger partial charge in [0.2, 0.25) is 0 Å². The number of aliphatic imine (C=N–C) groups is 1. The molecule has 0 radical (unpaired) electrons. The number of nitrogens with one attached hydrogen (secondary N) is 1. The minimum atomic E-state index is 0.607. The molecule has 0 aliphatic carbocycles. The van der Waals surface area contributed by atoms with Gasteiger partial charge in [-0.1, -0.05) is 6.07 Å². The molecule has 1 N–H and O–H groups in total. The largest absolute Gasteiger partial charge is 0.493 e. The monoisotopic (exact) mass is 349 g/mol. The maximum absolute atomic E-state index is 5.36. The molecule has 1 saturated heterocycles. The summed E-state index contributed by atoms with van der Waals surface area (Å²) in [7, 11) is 6.94. The van der Waals surface area contributed by atoms with E-state index in [0.29, 0.717) is 5.92 Å². The summed E-state index contributed by atoms with van der Waals surface area (Å²) in [5.74, 6) is 3.15. The molecule has 25 heavy (non-hydrogen) atoms. The average molecular weight is 349 g/mol. The van der Waals surface area contributed by atoms with E-state index in [1.807, 2.05) is 19.2 Å². The van der Waals surface area contributed by atoms with Gasteiger partial charge >= 0.3 is 0 Å². The molecule has 1 fully saturated rings. The molecular formula is C19H31N3O3.